The average Bonchev–Trinajstić information content (AvgIpc) is 1.58. The molecule has 0 aliphatic carbocycles. The fourth-order valence-electron chi connectivity index (χ4n) is 12.3. The lowest BCUT2D eigenvalue weighted by atomic mass is 10.0. The molecule has 8 amide bonds. The first-order valence-electron chi connectivity index (χ1n) is 32.9. The number of amides is 8. The van der Waals surface area contributed by atoms with Crippen molar-refractivity contribution in [3.63, 3.8) is 0 Å². The number of anilines is 2. The van der Waals surface area contributed by atoms with Crippen LogP contribution in [-0.2, 0) is 112 Å². The molecule has 3 saturated heterocycles. The van der Waals surface area contributed by atoms with Crippen LogP contribution in [-0.4, -0.2) is 145 Å². The normalized spacial score (nSPS) is 14.9. The first-order valence-corrected chi connectivity index (χ1v) is 37.7. The number of fused-ring (bicyclic) bond motifs is 3. The minimum Gasteiger partial charge on any atom is -0.480 e. The van der Waals surface area contributed by atoms with Crippen molar-refractivity contribution < 1.29 is 66.6 Å². The Morgan fingerprint density at radius 2 is 0.917 bits per heavy atom. The van der Waals surface area contributed by atoms with E-state index in [0.717, 1.165) is 24.8 Å². The molecule has 10 aromatic rings. The molecule has 3 fully saturated rings. The minimum absolute atomic E-state index is 0. The number of nitrogens with one attached hydrogen (secondary N) is 1. The van der Waals surface area contributed by atoms with Crippen molar-refractivity contribution in [2.75, 3.05) is 24.1 Å². The van der Waals surface area contributed by atoms with Crippen molar-refractivity contribution in [2.24, 2.45) is 17.2 Å². The number of aliphatic carboxylic acids is 1. The van der Waals surface area contributed by atoms with Crippen molar-refractivity contribution in [1.82, 2.24) is 44.0 Å². The van der Waals surface area contributed by atoms with E-state index in [0.29, 0.717) is 87.3 Å². The first kappa shape index (κ1) is 85.8. The highest BCUT2D eigenvalue weighted by molar-refractivity contribution is 8.37. The molecule has 3 aromatic heterocycles. The van der Waals surface area contributed by atoms with Gasteiger partial charge in [0.2, 0.25) is 23.6 Å². The zero-order chi connectivity index (χ0) is 78.8. The van der Waals surface area contributed by atoms with Crippen molar-refractivity contribution in [3.05, 3.63) is 196 Å². The molecule has 0 saturated carbocycles. The number of hydrogen-bond acceptors (Lipinski definition) is 19. The van der Waals surface area contributed by atoms with Gasteiger partial charge in [-0.1, -0.05) is 138 Å². The number of primary amides is 3. The number of carbonyl (C=O) groups is 10. The standard InChI is InChI=1S/C27H21ClFN5O4.C19H24N4O4.C15H16N4O4.C12H9ClFN.S3.S2.H2S/c28-18-9-3-1-6-15(18)16-8-5-10-19(24(16)29)31-27(38)21-12-13-22(35)34(21)23(36)14-33-20-11-4-2-7-17(20)25(32-33)26(30)37;1-19(2,3)27-18(26)14-8-9-15(24)22(14)10-11-23-13-7-5-4-6-12(13)16(21-23)17(20)25;16-14(21)13-9-3-1-2-4-10(9)19(17-13)8-7-18-11(15(22)23)5-6-12(18)20;13-10-6-2-1-4-8(10)9-5-3-7-11(15)12(9)14;1-3-2;1-2;/h1-11,21H,12-14H2,(H2,30,37)(H,31,38);4-7,14H,8-11H2,1-3H3,(H2,20,25);1-4,11H,5-8H2,(H2,16,21)(H,22,23);1-7H,15H2;;;1H2/t21-;14-;11-;;;;/m000..../s1. The number of hydrogen-bond donors (Lipinski definition) is 6. The van der Waals surface area contributed by atoms with E-state index in [4.69, 9.17) is 56.0 Å². The Kier molecular flexibility index (Phi) is 30.7. The predicted octanol–water partition coefficient (Wildman–Crippen LogP) is 9.26. The molecule has 0 radical (unpaired) electrons. The van der Waals surface area contributed by atoms with Crippen LogP contribution in [0.25, 0.3) is 55.0 Å². The molecule has 570 valence electrons. The van der Waals surface area contributed by atoms with Crippen LogP contribution in [0.3, 0.4) is 0 Å². The fourth-order valence-corrected chi connectivity index (χ4v) is 12.8. The number of ether oxygens (including phenoxy) is 1. The Balaban J connectivity index is 0.000000206. The van der Waals surface area contributed by atoms with Gasteiger partial charge in [-0.05, 0) is 82.5 Å². The van der Waals surface area contributed by atoms with Crippen LogP contribution >= 0.6 is 36.7 Å². The van der Waals surface area contributed by atoms with Crippen LogP contribution in [0.2, 0.25) is 10.0 Å². The zero-order valence-electron chi connectivity index (χ0n) is 58.3. The number of halogens is 4. The number of rotatable bonds is 17. The molecule has 0 unspecified atom stereocenters. The number of carbonyl (C=O) groups excluding carboxylic acids is 9. The largest absolute Gasteiger partial charge is 0.480 e. The molecule has 6 heterocycles. The summed E-state index contributed by atoms with van der Waals surface area (Å²) in [5.74, 6) is -6.70. The van der Waals surface area contributed by atoms with E-state index in [2.05, 4.69) is 65.4 Å². The van der Waals surface area contributed by atoms with Crippen LogP contribution in [0.4, 0.5) is 20.2 Å². The number of nitrogens with zero attached hydrogens (tertiary/aromatic N) is 9. The highest BCUT2D eigenvalue weighted by atomic mass is 35.5. The van der Waals surface area contributed by atoms with Gasteiger partial charge < -0.3 is 47.9 Å². The van der Waals surface area contributed by atoms with E-state index < -0.39 is 89.3 Å². The SMILES string of the molecule is CC(C)(C)OC(=O)[C@@H]1CCC(=O)N1CCn1nc(C(N)=O)c2ccccc21.NC(=O)c1nn(CC(=O)N2C(=O)CC[C@H]2C(=O)Nc2cccc(-c3ccccc3Cl)c2F)c2ccccc12.NC(=O)c1nn(CCN2C(=O)CC[C@H]2C(=O)O)c2ccccc12.Nc1cccc(-c2ccccc2Cl)c1F.S.S=S.S=S=S. The van der Waals surface area contributed by atoms with E-state index >= 15 is 4.39 Å². The van der Waals surface area contributed by atoms with Gasteiger partial charge >= 0.3 is 11.9 Å². The molecule has 10 N–H and O–H groups in total. The maximum absolute atomic E-state index is 15.4. The van der Waals surface area contributed by atoms with Gasteiger partial charge in [0, 0.05) is 134 Å². The van der Waals surface area contributed by atoms with Gasteiger partial charge in [-0.2, -0.15) is 28.8 Å². The first-order chi connectivity index (χ1) is 51.5. The monoisotopic (exact) mass is 1640 g/mol. The van der Waals surface area contributed by atoms with Gasteiger partial charge in [0.1, 0.15) is 30.3 Å². The molecule has 36 heteroatoms. The summed E-state index contributed by atoms with van der Waals surface area (Å²) >= 11 is 27.8. The summed E-state index contributed by atoms with van der Waals surface area (Å²) in [7, 11) is 0.917. The number of esters is 1. The third-order valence-electron chi connectivity index (χ3n) is 17.1. The second-order valence-electron chi connectivity index (χ2n) is 25.1. The number of aromatic nitrogens is 6. The highest BCUT2D eigenvalue weighted by Gasteiger charge is 2.42. The quantitative estimate of drug-likeness (QED) is 0.0365. The zero-order valence-corrected chi connectivity index (χ0v) is 64.9. The Hall–Kier alpha value is -10.5. The van der Waals surface area contributed by atoms with Gasteiger partial charge in [-0.25, -0.2) is 18.4 Å². The van der Waals surface area contributed by atoms with Crippen molar-refractivity contribution in [3.8, 4) is 22.3 Å². The highest BCUT2D eigenvalue weighted by Crippen LogP contribution is 2.35. The van der Waals surface area contributed by atoms with Gasteiger partial charge in [0.05, 0.1) is 41.0 Å². The smallest absolute Gasteiger partial charge is 0.329 e. The van der Waals surface area contributed by atoms with E-state index in [1.54, 1.807) is 139 Å². The fraction of sp³-hybridized carbons (Fsp3) is 0.247. The summed E-state index contributed by atoms with van der Waals surface area (Å²) in [6, 6.07) is 41.8. The number of imide groups is 1. The van der Waals surface area contributed by atoms with E-state index in [9.17, 15) is 52.3 Å². The maximum Gasteiger partial charge on any atom is 0.329 e. The summed E-state index contributed by atoms with van der Waals surface area (Å²) in [6.07, 6.45) is 1.37. The third-order valence-corrected chi connectivity index (χ3v) is 17.7. The topological polar surface area (TPSA) is 379 Å². The summed E-state index contributed by atoms with van der Waals surface area (Å²) in [4.78, 5) is 125. The summed E-state index contributed by atoms with van der Waals surface area (Å²) in [5, 5.41) is 27.0. The van der Waals surface area contributed by atoms with Gasteiger partial charge in [0.15, 0.2) is 28.7 Å². The van der Waals surface area contributed by atoms with Crippen molar-refractivity contribution >= 4 is 194 Å². The molecule has 3 atom stereocenters. The molecule has 3 aliphatic rings. The second kappa shape index (κ2) is 39.1. The van der Waals surface area contributed by atoms with Crippen LogP contribution in [0, 0.1) is 11.6 Å². The van der Waals surface area contributed by atoms with Gasteiger partial charge in [-0.3, -0.25) is 57.3 Å². The molecule has 0 spiro atoms. The Labute approximate surface area is 662 Å². The lowest BCUT2D eigenvalue weighted by Gasteiger charge is -2.27. The van der Waals surface area contributed by atoms with Crippen LogP contribution in [0.15, 0.2) is 158 Å². The average molecular weight is 1640 g/mol. The number of nitrogens with two attached hydrogens (primary N) is 4. The number of para-hydroxylation sites is 3. The molecule has 109 heavy (non-hydrogen) atoms. The number of carboxylic acids is 1. The number of carboxylic acid groups (broad SMARTS) is 1. The molecular formula is C73H72Cl2F2N14O12S6. The molecule has 0 bridgehead atoms. The van der Waals surface area contributed by atoms with Gasteiger partial charge in [-0.15, -0.1) is 0 Å². The maximum atomic E-state index is 15.4. The van der Waals surface area contributed by atoms with Gasteiger partial charge in [0.25, 0.3) is 23.6 Å². The predicted molar refractivity (Wildman–Crippen MR) is 427 cm³/mol. The third kappa shape index (κ3) is 20.9. The second-order valence-corrected chi connectivity index (χ2v) is 27.6. The van der Waals surface area contributed by atoms with E-state index in [1.165, 1.54) is 32.7 Å². The van der Waals surface area contributed by atoms with Crippen molar-refractivity contribution in [2.45, 2.75) is 103 Å². The number of nitrogen functional groups attached to an aromatic ring is 1. The summed E-state index contributed by atoms with van der Waals surface area (Å²) in [5.41, 5.74) is 25.1. The lowest BCUT2D eigenvalue weighted by Crippen LogP contribution is -2.46. The number of benzene rings is 7. The molecular weight excluding hydrogens is 1570 g/mol. The molecule has 7 aromatic carbocycles. The van der Waals surface area contributed by atoms with Crippen molar-refractivity contribution in [1.29, 1.82) is 0 Å². The molecule has 3 aliphatic heterocycles. The lowest BCUT2D eigenvalue weighted by molar-refractivity contribution is -0.162. The van der Waals surface area contributed by atoms with Crippen LogP contribution in [0.1, 0.15) is 90.8 Å². The summed E-state index contributed by atoms with van der Waals surface area (Å²) in [6.45, 7) is 6.15. The van der Waals surface area contributed by atoms with E-state index in [-0.39, 0.29) is 85.1 Å². The van der Waals surface area contributed by atoms with E-state index in [1.807, 2.05) is 30.3 Å². The Bertz CT molecular complexity index is 5150. The molecule has 26 nitrogen and oxygen atoms in total. The Morgan fingerprint density at radius 1 is 0.541 bits per heavy atom. The van der Waals surface area contributed by atoms with Crippen LogP contribution < -0.4 is 28.3 Å². The Morgan fingerprint density at radius 3 is 1.37 bits per heavy atom. The summed E-state index contributed by atoms with van der Waals surface area (Å²) < 4.78 is 39.0. The number of likely N-dealkylation sites (tertiary alicyclic amines) is 3. The molecule has 13 rings (SSSR count). The minimum atomic E-state index is -1.14. The van der Waals surface area contributed by atoms with Crippen LogP contribution in [0.5, 0.6) is 0 Å².